The average Bonchev–Trinajstić information content (AvgIpc) is 3.50. The van der Waals surface area contributed by atoms with Crippen molar-refractivity contribution in [1.82, 2.24) is 4.98 Å². The molecule has 1 saturated heterocycles. The summed E-state index contributed by atoms with van der Waals surface area (Å²) in [5.41, 5.74) is 3.33. The predicted molar refractivity (Wildman–Crippen MR) is 143 cm³/mol. The molecule has 1 atom stereocenters. The van der Waals surface area contributed by atoms with Crippen molar-refractivity contribution in [2.24, 2.45) is 0 Å². The zero-order valence-electron chi connectivity index (χ0n) is 19.2. The van der Waals surface area contributed by atoms with Gasteiger partial charge in [-0.3, -0.25) is 14.5 Å². The summed E-state index contributed by atoms with van der Waals surface area (Å²) in [6, 6.07) is 21.4. The van der Waals surface area contributed by atoms with Crippen LogP contribution in [0, 0.1) is 6.92 Å². The van der Waals surface area contributed by atoms with E-state index in [2.05, 4.69) is 27.0 Å². The number of benzene rings is 3. The van der Waals surface area contributed by atoms with Gasteiger partial charge in [0.05, 0.1) is 11.6 Å². The van der Waals surface area contributed by atoms with Crippen LogP contribution in [0.25, 0.3) is 5.76 Å². The van der Waals surface area contributed by atoms with E-state index in [4.69, 9.17) is 4.74 Å². The molecular formula is C28H21BrN2O4S. The van der Waals surface area contributed by atoms with Gasteiger partial charge in [0, 0.05) is 21.6 Å². The van der Waals surface area contributed by atoms with Crippen molar-refractivity contribution in [3.63, 3.8) is 0 Å². The molecule has 1 unspecified atom stereocenters. The van der Waals surface area contributed by atoms with Crippen LogP contribution in [0.15, 0.2) is 94.4 Å². The Balaban J connectivity index is 1.48. The molecule has 0 bridgehead atoms. The number of carbonyl (C=O) groups is 2. The van der Waals surface area contributed by atoms with Crippen LogP contribution in [0.2, 0.25) is 0 Å². The zero-order chi connectivity index (χ0) is 25.2. The Labute approximate surface area is 220 Å². The van der Waals surface area contributed by atoms with E-state index >= 15 is 0 Å². The minimum absolute atomic E-state index is 0.0194. The molecule has 1 amide bonds. The number of aliphatic hydroxyl groups excluding tert-OH is 1. The highest BCUT2D eigenvalue weighted by molar-refractivity contribution is 9.10. The second-order valence-electron chi connectivity index (χ2n) is 8.34. The topological polar surface area (TPSA) is 79.7 Å². The van der Waals surface area contributed by atoms with Gasteiger partial charge in [-0.05, 0) is 54.4 Å². The van der Waals surface area contributed by atoms with Gasteiger partial charge in [-0.2, -0.15) is 0 Å². The third-order valence-electron chi connectivity index (χ3n) is 5.87. The van der Waals surface area contributed by atoms with Crippen molar-refractivity contribution in [2.45, 2.75) is 19.6 Å². The largest absolute Gasteiger partial charge is 0.507 e. The SMILES string of the molecule is Cc1cccc(COc2ccc(/C(O)=C3/C(=O)C(=O)N(c4nccs4)C3c3ccc(Br)cc3)cc2)c1. The van der Waals surface area contributed by atoms with Crippen LogP contribution in [0.5, 0.6) is 5.75 Å². The first-order valence-corrected chi connectivity index (χ1v) is 12.8. The number of carbonyl (C=O) groups excluding carboxylic acids is 2. The van der Waals surface area contributed by atoms with Crippen LogP contribution >= 0.6 is 27.3 Å². The number of ketones is 1. The Bertz CT molecular complexity index is 1450. The number of aliphatic hydroxyl groups is 1. The lowest BCUT2D eigenvalue weighted by Crippen LogP contribution is -2.29. The van der Waals surface area contributed by atoms with E-state index < -0.39 is 17.7 Å². The van der Waals surface area contributed by atoms with E-state index in [0.29, 0.717) is 28.6 Å². The third kappa shape index (κ3) is 4.69. The molecule has 6 nitrogen and oxygen atoms in total. The number of amides is 1. The lowest BCUT2D eigenvalue weighted by atomic mass is 9.95. The van der Waals surface area contributed by atoms with E-state index in [1.807, 2.05) is 49.4 Å². The Morgan fingerprint density at radius 3 is 2.50 bits per heavy atom. The number of ether oxygens (including phenoxy) is 1. The zero-order valence-corrected chi connectivity index (χ0v) is 21.6. The molecule has 0 aliphatic carbocycles. The Morgan fingerprint density at radius 2 is 1.83 bits per heavy atom. The highest BCUT2D eigenvalue weighted by atomic mass is 79.9. The van der Waals surface area contributed by atoms with Gasteiger partial charge in [0.2, 0.25) is 0 Å². The standard InChI is InChI=1S/C28H21BrN2O4S/c1-17-3-2-4-18(15-17)16-35-22-11-7-20(8-12-22)25(32)23-24(19-5-9-21(29)10-6-19)31(27(34)26(23)33)28-30-13-14-36-28/h2-15,24,32H,16H2,1H3/b25-23-. The van der Waals surface area contributed by atoms with E-state index in [1.54, 1.807) is 35.8 Å². The van der Waals surface area contributed by atoms with E-state index in [-0.39, 0.29) is 11.3 Å². The Kier molecular flexibility index (Phi) is 6.71. The normalized spacial score (nSPS) is 16.9. The fraction of sp³-hybridized carbons (Fsp3) is 0.107. The number of hydrogen-bond acceptors (Lipinski definition) is 6. The molecule has 180 valence electrons. The van der Waals surface area contributed by atoms with Crippen LogP contribution in [0.3, 0.4) is 0 Å². The highest BCUT2D eigenvalue weighted by Crippen LogP contribution is 2.43. The number of halogens is 1. The maximum Gasteiger partial charge on any atom is 0.301 e. The summed E-state index contributed by atoms with van der Waals surface area (Å²) in [6.45, 7) is 2.44. The van der Waals surface area contributed by atoms with E-state index in [1.165, 1.54) is 16.2 Å². The van der Waals surface area contributed by atoms with Crippen LogP contribution in [-0.2, 0) is 16.2 Å². The van der Waals surface area contributed by atoms with Crippen LogP contribution in [0.1, 0.15) is 28.3 Å². The molecule has 1 fully saturated rings. The van der Waals surface area contributed by atoms with Gasteiger partial charge in [-0.1, -0.05) is 57.9 Å². The molecule has 0 saturated carbocycles. The van der Waals surface area contributed by atoms with Crippen molar-refractivity contribution >= 4 is 49.8 Å². The third-order valence-corrected chi connectivity index (χ3v) is 7.17. The van der Waals surface area contributed by atoms with Gasteiger partial charge in [0.25, 0.3) is 5.78 Å². The number of nitrogens with zero attached hydrogens (tertiary/aromatic N) is 2. The predicted octanol–water partition coefficient (Wildman–Crippen LogP) is 6.42. The van der Waals surface area contributed by atoms with Crippen molar-refractivity contribution in [1.29, 1.82) is 0 Å². The molecule has 1 aromatic heterocycles. The van der Waals surface area contributed by atoms with Crippen LogP contribution < -0.4 is 9.64 Å². The second-order valence-corrected chi connectivity index (χ2v) is 10.1. The van der Waals surface area contributed by atoms with E-state index in [0.717, 1.165) is 15.6 Å². The fourth-order valence-electron chi connectivity index (χ4n) is 4.16. The summed E-state index contributed by atoms with van der Waals surface area (Å²) in [4.78, 5) is 31.8. The van der Waals surface area contributed by atoms with Crippen molar-refractivity contribution in [2.75, 3.05) is 4.90 Å². The number of aromatic nitrogens is 1. The quantitative estimate of drug-likeness (QED) is 0.167. The Hall–Kier alpha value is -3.75. The van der Waals surface area contributed by atoms with Gasteiger partial charge in [0.1, 0.15) is 18.1 Å². The summed E-state index contributed by atoms with van der Waals surface area (Å²) in [6.07, 6.45) is 1.58. The fourth-order valence-corrected chi connectivity index (χ4v) is 5.09. The lowest BCUT2D eigenvalue weighted by molar-refractivity contribution is -0.132. The highest BCUT2D eigenvalue weighted by Gasteiger charge is 2.47. The van der Waals surface area contributed by atoms with Gasteiger partial charge in [-0.25, -0.2) is 4.98 Å². The summed E-state index contributed by atoms with van der Waals surface area (Å²) in [5, 5.41) is 13.4. The summed E-state index contributed by atoms with van der Waals surface area (Å²) >= 11 is 4.67. The molecule has 8 heteroatoms. The monoisotopic (exact) mass is 560 g/mol. The number of rotatable bonds is 6. The number of Topliss-reactive ketones (excluding diaryl/α,β-unsaturated/α-hetero) is 1. The maximum absolute atomic E-state index is 13.2. The molecule has 36 heavy (non-hydrogen) atoms. The molecule has 0 spiro atoms. The van der Waals surface area contributed by atoms with Crippen LogP contribution in [0.4, 0.5) is 5.13 Å². The minimum atomic E-state index is -0.804. The van der Waals surface area contributed by atoms with Gasteiger partial charge < -0.3 is 9.84 Å². The average molecular weight is 561 g/mol. The van der Waals surface area contributed by atoms with Crippen molar-refractivity contribution in [3.8, 4) is 5.75 Å². The first-order valence-electron chi connectivity index (χ1n) is 11.2. The number of anilines is 1. The molecule has 1 aliphatic heterocycles. The van der Waals surface area contributed by atoms with E-state index in [9.17, 15) is 14.7 Å². The Morgan fingerprint density at radius 1 is 1.08 bits per heavy atom. The first-order chi connectivity index (χ1) is 17.4. The second kappa shape index (κ2) is 10.1. The van der Waals surface area contributed by atoms with Crippen molar-refractivity contribution < 1.29 is 19.4 Å². The molecular weight excluding hydrogens is 540 g/mol. The lowest BCUT2D eigenvalue weighted by Gasteiger charge is -2.23. The molecule has 4 aromatic rings. The van der Waals surface area contributed by atoms with Crippen molar-refractivity contribution in [3.05, 3.63) is 117 Å². The number of aryl methyl sites for hydroxylation is 1. The molecule has 3 aromatic carbocycles. The summed E-state index contributed by atoms with van der Waals surface area (Å²) in [7, 11) is 0. The summed E-state index contributed by atoms with van der Waals surface area (Å²) in [5.74, 6) is -1.10. The van der Waals surface area contributed by atoms with Gasteiger partial charge in [-0.15, -0.1) is 11.3 Å². The summed E-state index contributed by atoms with van der Waals surface area (Å²) < 4.78 is 6.73. The molecule has 1 aliphatic rings. The first kappa shape index (κ1) is 24.0. The molecule has 0 radical (unpaired) electrons. The van der Waals surface area contributed by atoms with Gasteiger partial charge >= 0.3 is 5.91 Å². The molecule has 2 heterocycles. The molecule has 5 rings (SSSR count). The number of hydrogen-bond donors (Lipinski definition) is 1. The minimum Gasteiger partial charge on any atom is -0.507 e. The number of thiazole rings is 1. The maximum atomic E-state index is 13.2. The van der Waals surface area contributed by atoms with Gasteiger partial charge in [0.15, 0.2) is 5.13 Å². The molecule has 1 N–H and O–H groups in total. The van der Waals surface area contributed by atoms with Crippen LogP contribution in [-0.4, -0.2) is 21.8 Å². The smallest absolute Gasteiger partial charge is 0.301 e.